The molecule has 0 unspecified atom stereocenters. The SMILES string of the molecule is C=CS(=O)(=O)O.C=CS(=O)(=O)O.Oc1cccc(O)c1. The third kappa shape index (κ3) is 18.5. The first-order valence-corrected chi connectivity index (χ1v) is 7.59. The highest BCUT2D eigenvalue weighted by Crippen LogP contribution is 2.14. The number of hydrogen-bond donors (Lipinski definition) is 4. The molecule has 0 saturated carbocycles. The molecular weight excluding hydrogens is 312 g/mol. The number of hydrogen-bond acceptors (Lipinski definition) is 6. The smallest absolute Gasteiger partial charge is 0.287 e. The molecule has 1 aromatic rings. The van der Waals surface area contributed by atoms with Gasteiger partial charge in [-0.25, -0.2) is 0 Å². The molecule has 0 bridgehead atoms. The summed E-state index contributed by atoms with van der Waals surface area (Å²) in [6.07, 6.45) is 0. The molecule has 114 valence electrons. The highest BCUT2D eigenvalue weighted by atomic mass is 32.2. The summed E-state index contributed by atoms with van der Waals surface area (Å²) >= 11 is 0. The monoisotopic (exact) mass is 326 g/mol. The van der Waals surface area contributed by atoms with E-state index in [1.165, 1.54) is 18.2 Å². The third-order valence-electron chi connectivity index (χ3n) is 1.25. The van der Waals surface area contributed by atoms with Gasteiger partial charge in [0.05, 0.1) is 10.8 Å². The molecule has 8 nitrogen and oxygen atoms in total. The van der Waals surface area contributed by atoms with Gasteiger partial charge in [-0.1, -0.05) is 19.2 Å². The minimum atomic E-state index is -3.90. The molecular formula is C10H14O8S2. The van der Waals surface area contributed by atoms with E-state index in [2.05, 4.69) is 13.2 Å². The summed E-state index contributed by atoms with van der Waals surface area (Å²) in [5, 5.41) is 18.2. The fraction of sp³-hybridized carbons (Fsp3) is 0. The Labute approximate surface area is 116 Å². The average Bonchev–Trinajstić information content (AvgIpc) is 2.28. The van der Waals surface area contributed by atoms with Crippen LogP contribution in [0.3, 0.4) is 0 Å². The van der Waals surface area contributed by atoms with Gasteiger partial charge in [0.2, 0.25) is 0 Å². The van der Waals surface area contributed by atoms with E-state index in [1.54, 1.807) is 6.07 Å². The van der Waals surface area contributed by atoms with E-state index in [0.717, 1.165) is 0 Å². The van der Waals surface area contributed by atoms with E-state index < -0.39 is 20.2 Å². The average molecular weight is 326 g/mol. The van der Waals surface area contributed by atoms with E-state index in [1.807, 2.05) is 0 Å². The summed E-state index contributed by atoms with van der Waals surface area (Å²) in [5.74, 6) is 0.176. The predicted octanol–water partition coefficient (Wildman–Crippen LogP) is 1.13. The Morgan fingerprint density at radius 2 is 1.10 bits per heavy atom. The molecule has 0 fully saturated rings. The van der Waals surface area contributed by atoms with E-state index in [-0.39, 0.29) is 11.5 Å². The molecule has 10 heteroatoms. The molecule has 4 N–H and O–H groups in total. The minimum Gasteiger partial charge on any atom is -0.508 e. The predicted molar refractivity (Wildman–Crippen MR) is 73.3 cm³/mol. The van der Waals surface area contributed by atoms with Crippen molar-refractivity contribution < 1.29 is 36.2 Å². The van der Waals surface area contributed by atoms with Crippen molar-refractivity contribution in [2.45, 2.75) is 0 Å². The van der Waals surface area contributed by atoms with Crippen LogP contribution in [-0.4, -0.2) is 36.2 Å². The molecule has 1 aromatic carbocycles. The summed E-state index contributed by atoms with van der Waals surface area (Å²) in [7, 11) is -7.80. The van der Waals surface area contributed by atoms with Crippen molar-refractivity contribution >= 4 is 20.2 Å². The normalized spacial score (nSPS) is 10.1. The van der Waals surface area contributed by atoms with E-state index >= 15 is 0 Å². The molecule has 0 atom stereocenters. The van der Waals surface area contributed by atoms with Gasteiger partial charge < -0.3 is 10.2 Å². The lowest BCUT2D eigenvalue weighted by molar-refractivity contribution is 0.450. The number of phenolic OH excluding ortho intramolecular Hbond substituents is 2. The molecule has 0 amide bonds. The largest absolute Gasteiger partial charge is 0.508 e. The molecule has 1 rings (SSSR count). The van der Waals surface area contributed by atoms with Crippen LogP contribution in [0.2, 0.25) is 0 Å². The van der Waals surface area contributed by atoms with Crippen LogP contribution in [0, 0.1) is 0 Å². The molecule has 0 radical (unpaired) electrons. The first kappa shape index (κ1) is 20.4. The Bertz CT molecular complexity index is 555. The maximum atomic E-state index is 9.44. The van der Waals surface area contributed by atoms with Crippen molar-refractivity contribution in [3.63, 3.8) is 0 Å². The van der Waals surface area contributed by atoms with Crippen LogP contribution in [-0.2, 0) is 20.2 Å². The van der Waals surface area contributed by atoms with Crippen molar-refractivity contribution in [2.75, 3.05) is 0 Å². The molecule has 0 aromatic heterocycles. The van der Waals surface area contributed by atoms with Gasteiger partial charge in [-0.05, 0) is 12.1 Å². The van der Waals surface area contributed by atoms with Crippen molar-refractivity contribution in [1.29, 1.82) is 0 Å². The van der Waals surface area contributed by atoms with Gasteiger partial charge in [0.15, 0.2) is 0 Å². The van der Waals surface area contributed by atoms with Gasteiger partial charge in [0, 0.05) is 6.07 Å². The van der Waals surface area contributed by atoms with Gasteiger partial charge in [-0.2, -0.15) is 16.8 Å². The number of rotatable bonds is 2. The Balaban J connectivity index is 0. The highest BCUT2D eigenvalue weighted by Gasteiger charge is 1.88. The second-order valence-corrected chi connectivity index (χ2v) is 5.61. The molecule has 0 heterocycles. The highest BCUT2D eigenvalue weighted by molar-refractivity contribution is 7.89. The Hall–Kier alpha value is -1.88. The number of phenols is 2. The second kappa shape index (κ2) is 9.09. The zero-order valence-electron chi connectivity index (χ0n) is 10.1. The van der Waals surface area contributed by atoms with Gasteiger partial charge in [0.1, 0.15) is 11.5 Å². The van der Waals surface area contributed by atoms with Crippen LogP contribution in [0.4, 0.5) is 0 Å². The zero-order chi connectivity index (χ0) is 16.4. The lowest BCUT2D eigenvalue weighted by Crippen LogP contribution is -1.86. The van der Waals surface area contributed by atoms with Crippen LogP contribution in [0.25, 0.3) is 0 Å². The molecule has 0 aliphatic rings. The lowest BCUT2D eigenvalue weighted by Gasteiger charge is -1.89. The van der Waals surface area contributed by atoms with Crippen molar-refractivity contribution in [3.8, 4) is 11.5 Å². The molecule has 0 spiro atoms. The summed E-state index contributed by atoms with van der Waals surface area (Å²) < 4.78 is 53.1. The van der Waals surface area contributed by atoms with Crippen LogP contribution in [0.5, 0.6) is 11.5 Å². The van der Waals surface area contributed by atoms with Gasteiger partial charge >= 0.3 is 0 Å². The fourth-order valence-corrected chi connectivity index (χ4v) is 0.493. The molecule has 0 saturated heterocycles. The summed E-state index contributed by atoms with van der Waals surface area (Å²) in [5.41, 5.74) is 0. The molecule has 0 aliphatic carbocycles. The van der Waals surface area contributed by atoms with Crippen LogP contribution >= 0.6 is 0 Å². The van der Waals surface area contributed by atoms with Crippen molar-refractivity contribution in [3.05, 3.63) is 48.2 Å². The first-order chi connectivity index (χ1) is 8.91. The summed E-state index contributed by atoms with van der Waals surface area (Å²) in [6, 6.07) is 5.85. The number of aromatic hydroxyl groups is 2. The minimum absolute atomic E-state index is 0.0880. The van der Waals surface area contributed by atoms with Crippen LogP contribution in [0.1, 0.15) is 0 Å². The standard InChI is InChI=1S/C6H6O2.2C2H4O3S/c7-5-2-1-3-6(8)4-5;2*1-2-6(3,4)5/h1-4,7-8H;2*2H,1H2,(H,3,4,5). The van der Waals surface area contributed by atoms with Crippen LogP contribution in [0.15, 0.2) is 48.2 Å². The Morgan fingerprint density at radius 3 is 1.20 bits per heavy atom. The number of benzene rings is 1. The van der Waals surface area contributed by atoms with Gasteiger partial charge in [-0.15, -0.1) is 0 Å². The van der Waals surface area contributed by atoms with Gasteiger partial charge in [-0.3, -0.25) is 9.11 Å². The first-order valence-electron chi connectivity index (χ1n) is 4.59. The van der Waals surface area contributed by atoms with E-state index in [4.69, 9.17) is 19.3 Å². The second-order valence-electron chi connectivity index (χ2n) is 2.88. The fourth-order valence-electron chi connectivity index (χ4n) is 0.493. The van der Waals surface area contributed by atoms with E-state index in [0.29, 0.717) is 10.8 Å². The van der Waals surface area contributed by atoms with Crippen molar-refractivity contribution in [2.24, 2.45) is 0 Å². The topological polar surface area (TPSA) is 149 Å². The maximum absolute atomic E-state index is 9.44. The molecule has 20 heavy (non-hydrogen) atoms. The summed E-state index contributed by atoms with van der Waals surface area (Å²) in [6.45, 7) is 5.59. The quantitative estimate of drug-likeness (QED) is 0.591. The lowest BCUT2D eigenvalue weighted by atomic mass is 10.3. The van der Waals surface area contributed by atoms with Gasteiger partial charge in [0.25, 0.3) is 20.2 Å². The summed E-state index contributed by atoms with van der Waals surface area (Å²) in [4.78, 5) is 0. The van der Waals surface area contributed by atoms with Crippen molar-refractivity contribution in [1.82, 2.24) is 0 Å². The van der Waals surface area contributed by atoms with E-state index in [9.17, 15) is 16.8 Å². The third-order valence-corrected chi connectivity index (χ3v) is 2.09. The Kier molecular flexibility index (Phi) is 9.29. The maximum Gasteiger partial charge on any atom is 0.287 e. The zero-order valence-corrected chi connectivity index (χ0v) is 11.7. The molecule has 0 aliphatic heterocycles. The van der Waals surface area contributed by atoms with Crippen LogP contribution < -0.4 is 0 Å². The Morgan fingerprint density at radius 1 is 0.850 bits per heavy atom.